The van der Waals surface area contributed by atoms with Crippen molar-refractivity contribution >= 4 is 0 Å². The van der Waals surface area contributed by atoms with Crippen LogP contribution >= 0.6 is 0 Å². The summed E-state index contributed by atoms with van der Waals surface area (Å²) in [5.74, 6) is 0. The first kappa shape index (κ1) is 29.7. The molecule has 0 saturated heterocycles. The van der Waals surface area contributed by atoms with Crippen molar-refractivity contribution < 1.29 is 0 Å². The van der Waals surface area contributed by atoms with E-state index >= 15 is 0 Å². The molecule has 0 aromatic heterocycles. The van der Waals surface area contributed by atoms with Crippen LogP contribution in [-0.4, -0.2) is 0 Å². The number of aryl methyl sites for hydroxylation is 1. The molecule has 0 saturated carbocycles. The number of rotatable bonds is 4. The third-order valence-corrected chi connectivity index (χ3v) is 7.26. The van der Waals surface area contributed by atoms with E-state index in [0.717, 1.165) is 12.8 Å². The van der Waals surface area contributed by atoms with Crippen LogP contribution in [0.2, 0.25) is 0 Å². The Bertz CT molecular complexity index is 945. The number of hydrogen-bond donors (Lipinski definition) is 0. The zero-order chi connectivity index (χ0) is 27.2. The van der Waals surface area contributed by atoms with Crippen molar-refractivity contribution in [2.75, 3.05) is 0 Å². The van der Waals surface area contributed by atoms with E-state index in [1.807, 2.05) is 0 Å². The predicted molar refractivity (Wildman–Crippen MR) is 158 cm³/mol. The molecule has 0 aliphatic carbocycles. The lowest BCUT2D eigenvalue weighted by molar-refractivity contribution is 0.490. The molecular weight excluding hydrogens is 420 g/mol. The molecule has 196 valence electrons. The minimum atomic E-state index is 0.0999. The van der Waals surface area contributed by atoms with Crippen LogP contribution in [0.3, 0.4) is 0 Å². The van der Waals surface area contributed by atoms with Gasteiger partial charge in [0.1, 0.15) is 0 Å². The van der Waals surface area contributed by atoms with E-state index < -0.39 is 0 Å². The molecule has 0 heterocycles. The van der Waals surface area contributed by atoms with Crippen LogP contribution in [0, 0.1) is 0 Å². The Balaban J connectivity index is 2.66. The van der Waals surface area contributed by atoms with Gasteiger partial charge in [-0.2, -0.15) is 0 Å². The quantitative estimate of drug-likeness (QED) is 0.411. The first-order valence-electron chi connectivity index (χ1n) is 13.9. The van der Waals surface area contributed by atoms with Crippen molar-refractivity contribution in [3.05, 3.63) is 69.3 Å². The Labute approximate surface area is 219 Å². The fraction of sp³-hybridized carbons (Fsp3) is 0.657. The number of benzene rings is 2. The molecule has 0 radical (unpaired) electrons. The lowest BCUT2D eigenvalue weighted by Gasteiger charge is -2.40. The fourth-order valence-corrected chi connectivity index (χ4v) is 5.53. The molecule has 0 nitrogen and oxygen atoms in total. The van der Waals surface area contributed by atoms with Gasteiger partial charge in [-0.15, -0.1) is 0 Å². The maximum Gasteiger partial charge on any atom is -0.0126 e. The monoisotopic (exact) mass is 476 g/mol. The molecule has 2 aromatic rings. The molecule has 0 bridgehead atoms. The van der Waals surface area contributed by atoms with Crippen LogP contribution in [0.5, 0.6) is 0 Å². The van der Waals surface area contributed by atoms with Crippen LogP contribution < -0.4 is 0 Å². The van der Waals surface area contributed by atoms with Crippen molar-refractivity contribution in [2.24, 2.45) is 0 Å². The molecule has 0 aliphatic heterocycles. The van der Waals surface area contributed by atoms with Gasteiger partial charge in [-0.1, -0.05) is 134 Å². The van der Waals surface area contributed by atoms with Crippen LogP contribution in [0.1, 0.15) is 149 Å². The summed E-state index contributed by atoms with van der Waals surface area (Å²) in [7, 11) is 0. The van der Waals surface area contributed by atoms with Crippen LogP contribution in [-0.2, 0) is 39.9 Å². The Hall–Kier alpha value is -1.56. The molecular formula is C35H56. The van der Waals surface area contributed by atoms with E-state index in [1.54, 1.807) is 16.7 Å². The summed E-state index contributed by atoms with van der Waals surface area (Å²) in [4.78, 5) is 0. The maximum atomic E-state index is 2.58. The minimum Gasteiger partial charge on any atom is -0.0588 e. The van der Waals surface area contributed by atoms with Gasteiger partial charge < -0.3 is 0 Å². The fourth-order valence-electron chi connectivity index (χ4n) is 5.53. The maximum absolute atomic E-state index is 2.58. The highest BCUT2D eigenvalue weighted by Crippen LogP contribution is 2.46. The highest BCUT2D eigenvalue weighted by molar-refractivity contribution is 5.56. The van der Waals surface area contributed by atoms with Gasteiger partial charge in [0.25, 0.3) is 0 Å². The second kappa shape index (κ2) is 9.72. The second-order valence-corrected chi connectivity index (χ2v) is 16.0. The van der Waals surface area contributed by atoms with Gasteiger partial charge in [0, 0.05) is 0 Å². The van der Waals surface area contributed by atoms with Gasteiger partial charge in [0.05, 0.1) is 0 Å². The summed E-state index contributed by atoms with van der Waals surface area (Å²) < 4.78 is 0. The van der Waals surface area contributed by atoms with Crippen molar-refractivity contribution in [1.82, 2.24) is 0 Å². The van der Waals surface area contributed by atoms with Gasteiger partial charge in [-0.3, -0.25) is 0 Å². The molecule has 2 aromatic carbocycles. The largest absolute Gasteiger partial charge is 0.0588 e. The molecule has 2 rings (SSSR count). The smallest absolute Gasteiger partial charge is 0.0126 e. The lowest BCUT2D eigenvalue weighted by atomic mass is 9.64. The van der Waals surface area contributed by atoms with Gasteiger partial charge in [0.15, 0.2) is 0 Å². The minimum absolute atomic E-state index is 0.0999. The van der Waals surface area contributed by atoms with E-state index in [1.165, 1.54) is 28.7 Å². The Kier molecular flexibility index (Phi) is 8.24. The lowest BCUT2D eigenvalue weighted by Crippen LogP contribution is -2.31. The summed E-state index contributed by atoms with van der Waals surface area (Å²) in [6.45, 7) is 35.7. The van der Waals surface area contributed by atoms with Gasteiger partial charge in [-0.25, -0.2) is 0 Å². The van der Waals surface area contributed by atoms with Crippen LogP contribution in [0.4, 0.5) is 0 Å². The topological polar surface area (TPSA) is 0 Å². The molecule has 0 N–H and O–H groups in total. The molecule has 0 aliphatic rings. The van der Waals surface area contributed by atoms with Crippen LogP contribution in [0.15, 0.2) is 30.3 Å². The van der Waals surface area contributed by atoms with Crippen molar-refractivity contribution in [3.63, 3.8) is 0 Å². The highest BCUT2D eigenvalue weighted by Gasteiger charge is 2.36. The van der Waals surface area contributed by atoms with E-state index in [0.29, 0.717) is 0 Å². The van der Waals surface area contributed by atoms with E-state index in [9.17, 15) is 0 Å². The summed E-state index contributed by atoms with van der Waals surface area (Å²) in [6, 6.07) is 11.9. The molecule has 0 fully saturated rings. The second-order valence-electron chi connectivity index (χ2n) is 16.0. The molecule has 35 heavy (non-hydrogen) atoms. The predicted octanol–water partition coefficient (Wildman–Crippen LogP) is 10.3. The third kappa shape index (κ3) is 7.24. The van der Waals surface area contributed by atoms with Gasteiger partial charge in [0.2, 0.25) is 0 Å². The first-order chi connectivity index (χ1) is 15.5. The van der Waals surface area contributed by atoms with E-state index in [4.69, 9.17) is 0 Å². The molecule has 0 unspecified atom stereocenters. The number of hydrogen-bond acceptors (Lipinski definition) is 0. The Morgan fingerprint density at radius 3 is 1.17 bits per heavy atom. The van der Waals surface area contributed by atoms with E-state index in [-0.39, 0.29) is 27.1 Å². The normalized spacial score (nSPS) is 13.9. The summed E-state index contributed by atoms with van der Waals surface area (Å²) in [5, 5.41) is 0. The standard InChI is InChI=1S/C35H56/c1-31(2,3)25-21-19-24(20-22-25)17-16-18-26-29(34(10,11)12)27(32(4,5)6)23-28(33(7,8)9)30(26)35(13,14)15/h19-23H,16-18H2,1-15H3. The Morgan fingerprint density at radius 2 is 0.857 bits per heavy atom. The Morgan fingerprint density at radius 1 is 0.457 bits per heavy atom. The van der Waals surface area contributed by atoms with E-state index in [2.05, 4.69) is 134 Å². The highest BCUT2D eigenvalue weighted by atomic mass is 14.4. The zero-order valence-electron chi connectivity index (χ0n) is 26.0. The third-order valence-electron chi connectivity index (χ3n) is 7.26. The first-order valence-corrected chi connectivity index (χ1v) is 13.9. The van der Waals surface area contributed by atoms with Crippen molar-refractivity contribution in [2.45, 2.75) is 150 Å². The average Bonchev–Trinajstić information content (AvgIpc) is 2.63. The SMILES string of the molecule is CC(C)(C)c1ccc(CCCc2c(C(C)(C)C)c(C(C)(C)C)cc(C(C)(C)C)c2C(C)(C)C)cc1. The molecule has 0 atom stereocenters. The van der Waals surface area contributed by atoms with Gasteiger partial charge in [-0.05, 0) is 85.3 Å². The van der Waals surface area contributed by atoms with Crippen LogP contribution in [0.25, 0.3) is 0 Å². The summed E-state index contributed by atoms with van der Waals surface area (Å²) in [5.41, 5.74) is 11.4. The summed E-state index contributed by atoms with van der Waals surface area (Å²) >= 11 is 0. The van der Waals surface area contributed by atoms with Crippen molar-refractivity contribution in [3.8, 4) is 0 Å². The summed E-state index contributed by atoms with van der Waals surface area (Å²) in [6.07, 6.45) is 3.44. The van der Waals surface area contributed by atoms with Crippen molar-refractivity contribution in [1.29, 1.82) is 0 Å². The average molecular weight is 477 g/mol. The molecule has 0 amide bonds. The molecule has 0 heteroatoms. The van der Waals surface area contributed by atoms with Gasteiger partial charge >= 0.3 is 0 Å². The zero-order valence-corrected chi connectivity index (χ0v) is 26.0. The molecule has 0 spiro atoms.